The van der Waals surface area contributed by atoms with Crippen molar-refractivity contribution in [3.05, 3.63) is 23.2 Å². The Labute approximate surface area is 145 Å². The second kappa shape index (κ2) is 7.47. The van der Waals surface area contributed by atoms with Crippen LogP contribution < -0.4 is 15.5 Å². The number of nitrogens with zero attached hydrogens (tertiary/aromatic N) is 1. The third-order valence-electron chi connectivity index (χ3n) is 3.60. The van der Waals surface area contributed by atoms with Crippen LogP contribution in [0.4, 0.5) is 5.69 Å². The molecule has 8 nitrogen and oxygen atoms in total. The van der Waals surface area contributed by atoms with Gasteiger partial charge in [-0.1, -0.05) is 11.6 Å². The van der Waals surface area contributed by atoms with Crippen LogP contribution in [0.15, 0.2) is 23.1 Å². The van der Waals surface area contributed by atoms with Crippen LogP contribution in [0.1, 0.15) is 0 Å². The fraction of sp³-hybridized carbons (Fsp3) is 0.429. The first-order chi connectivity index (χ1) is 11.2. The summed E-state index contributed by atoms with van der Waals surface area (Å²) in [7, 11) is -0.899. The Hall–Kier alpha value is -1.68. The fourth-order valence-corrected chi connectivity index (χ4v) is 3.71. The van der Waals surface area contributed by atoms with Gasteiger partial charge in [-0.25, -0.2) is 12.7 Å². The van der Waals surface area contributed by atoms with Crippen molar-refractivity contribution < 1.29 is 22.9 Å². The molecule has 1 aromatic carbocycles. The van der Waals surface area contributed by atoms with E-state index in [4.69, 9.17) is 11.6 Å². The van der Waals surface area contributed by atoms with Gasteiger partial charge in [-0.15, -0.1) is 0 Å². The zero-order chi connectivity index (χ0) is 17.9. The van der Waals surface area contributed by atoms with Gasteiger partial charge in [-0.2, -0.15) is 0 Å². The summed E-state index contributed by atoms with van der Waals surface area (Å²) in [5.41, 5.74) is 0.339. The van der Waals surface area contributed by atoms with Gasteiger partial charge in [0, 0.05) is 19.8 Å². The van der Waals surface area contributed by atoms with E-state index in [0.29, 0.717) is 18.8 Å². The van der Waals surface area contributed by atoms with E-state index in [0.717, 1.165) is 9.21 Å². The molecule has 1 aliphatic rings. The number of nitrogens with one attached hydrogen (secondary N) is 3. The second-order valence-electron chi connectivity index (χ2n) is 5.68. The van der Waals surface area contributed by atoms with E-state index in [-0.39, 0.29) is 34.8 Å². The Morgan fingerprint density at radius 1 is 1.42 bits per heavy atom. The predicted molar refractivity (Wildman–Crippen MR) is 89.5 cm³/mol. The predicted octanol–water partition coefficient (Wildman–Crippen LogP) is -1.46. The Bertz CT molecular complexity index is 751. The maximum absolute atomic E-state index is 12.2. The number of hydrogen-bond donors (Lipinski definition) is 3. The molecule has 0 aromatic heterocycles. The summed E-state index contributed by atoms with van der Waals surface area (Å²) >= 11 is 5.97. The summed E-state index contributed by atoms with van der Waals surface area (Å²) in [5, 5.41) is 5.43. The highest BCUT2D eigenvalue weighted by Crippen LogP contribution is 2.26. The average Bonchev–Trinajstić information content (AvgIpc) is 2.48. The summed E-state index contributed by atoms with van der Waals surface area (Å²) < 4.78 is 25.5. The quantitative estimate of drug-likeness (QED) is 0.586. The summed E-state index contributed by atoms with van der Waals surface area (Å²) in [6.07, 6.45) is 0. The van der Waals surface area contributed by atoms with Gasteiger partial charge in [0.15, 0.2) is 13.1 Å². The van der Waals surface area contributed by atoms with Crippen molar-refractivity contribution in [3.63, 3.8) is 0 Å². The van der Waals surface area contributed by atoms with Crippen LogP contribution in [0, 0.1) is 0 Å². The van der Waals surface area contributed by atoms with Crippen molar-refractivity contribution in [2.45, 2.75) is 4.90 Å². The molecule has 3 N–H and O–H groups in total. The Morgan fingerprint density at radius 2 is 2.12 bits per heavy atom. The van der Waals surface area contributed by atoms with Gasteiger partial charge in [0.25, 0.3) is 11.8 Å². The number of carbonyl (C=O) groups is 2. The van der Waals surface area contributed by atoms with Crippen LogP contribution in [-0.2, 0) is 19.6 Å². The lowest BCUT2D eigenvalue weighted by Gasteiger charge is -2.23. The third kappa shape index (κ3) is 4.44. The van der Waals surface area contributed by atoms with Gasteiger partial charge in [-0.05, 0) is 18.2 Å². The molecule has 1 atom stereocenters. The van der Waals surface area contributed by atoms with E-state index < -0.39 is 10.0 Å². The van der Waals surface area contributed by atoms with Crippen molar-refractivity contribution >= 4 is 39.1 Å². The van der Waals surface area contributed by atoms with Crippen molar-refractivity contribution in [3.8, 4) is 0 Å². The number of carbonyl (C=O) groups excluding carboxylic acids is 2. The first-order valence-corrected chi connectivity index (χ1v) is 9.14. The molecule has 1 unspecified atom stereocenters. The standard InChI is InChI=1S/C14H19ClN4O4S/c1-18(2)24(22,23)12-7-10(3-4-11(12)15)17-14(21)9-19-6-5-16-13(20)8-19/h3-4,7H,5-6,8-9H2,1-2H3,(H,16,20)(H,17,21)/p+1. The number of quaternary nitrogens is 1. The molecule has 0 bridgehead atoms. The molecule has 1 fully saturated rings. The van der Waals surface area contributed by atoms with Gasteiger partial charge in [0.2, 0.25) is 10.0 Å². The van der Waals surface area contributed by atoms with Crippen LogP contribution in [0.2, 0.25) is 5.02 Å². The topological polar surface area (TPSA) is 100 Å². The third-order valence-corrected chi connectivity index (χ3v) is 5.89. The van der Waals surface area contributed by atoms with Crippen LogP contribution >= 0.6 is 11.6 Å². The monoisotopic (exact) mass is 375 g/mol. The van der Waals surface area contributed by atoms with Gasteiger partial charge in [0.1, 0.15) is 4.90 Å². The van der Waals surface area contributed by atoms with Crippen LogP contribution in [0.25, 0.3) is 0 Å². The summed E-state index contributed by atoms with van der Waals surface area (Å²) in [6.45, 7) is 1.58. The number of hydrogen-bond acceptors (Lipinski definition) is 4. The highest BCUT2D eigenvalue weighted by molar-refractivity contribution is 7.89. The smallest absolute Gasteiger partial charge is 0.279 e. The van der Waals surface area contributed by atoms with Crippen LogP contribution in [0.5, 0.6) is 0 Å². The molecule has 0 aliphatic carbocycles. The van der Waals surface area contributed by atoms with E-state index >= 15 is 0 Å². The zero-order valence-corrected chi connectivity index (χ0v) is 15.0. The van der Waals surface area contributed by atoms with E-state index in [1.807, 2.05) is 0 Å². The van der Waals surface area contributed by atoms with Crippen LogP contribution in [-0.4, -0.2) is 64.8 Å². The molecule has 1 aliphatic heterocycles. The lowest BCUT2D eigenvalue weighted by atomic mass is 10.3. The Kier molecular flexibility index (Phi) is 5.81. The number of halogens is 1. The molecule has 1 saturated heterocycles. The van der Waals surface area contributed by atoms with E-state index in [1.165, 1.54) is 32.3 Å². The molecule has 2 amide bonds. The van der Waals surface area contributed by atoms with Crippen molar-refractivity contribution in [2.75, 3.05) is 45.6 Å². The first kappa shape index (κ1) is 18.7. The van der Waals surface area contributed by atoms with Crippen LogP contribution in [0.3, 0.4) is 0 Å². The molecule has 1 aromatic rings. The molecule has 0 radical (unpaired) electrons. The van der Waals surface area contributed by atoms with Gasteiger partial charge in [-0.3, -0.25) is 9.59 Å². The van der Waals surface area contributed by atoms with Crippen molar-refractivity contribution in [2.24, 2.45) is 0 Å². The lowest BCUT2D eigenvalue weighted by Crippen LogP contribution is -3.16. The minimum atomic E-state index is -3.71. The van der Waals surface area contributed by atoms with Gasteiger partial charge < -0.3 is 15.5 Å². The molecule has 1 heterocycles. The van der Waals surface area contributed by atoms with E-state index in [1.54, 1.807) is 0 Å². The molecule has 10 heteroatoms. The Morgan fingerprint density at radius 3 is 2.75 bits per heavy atom. The number of piperazine rings is 1. The second-order valence-corrected chi connectivity index (χ2v) is 8.21. The SMILES string of the molecule is CN(C)S(=O)(=O)c1cc(NC(=O)C[NH+]2CCNC(=O)C2)ccc1Cl. The fourth-order valence-electron chi connectivity index (χ4n) is 2.32. The molecule has 24 heavy (non-hydrogen) atoms. The molecule has 2 rings (SSSR count). The number of benzene rings is 1. The normalized spacial score (nSPS) is 18.3. The highest BCUT2D eigenvalue weighted by atomic mass is 35.5. The van der Waals surface area contributed by atoms with Crippen molar-refractivity contribution in [1.29, 1.82) is 0 Å². The molecule has 0 saturated carbocycles. The maximum atomic E-state index is 12.2. The summed E-state index contributed by atoms with van der Waals surface area (Å²) in [6, 6.07) is 4.29. The molecule has 0 spiro atoms. The molecule has 132 valence electrons. The number of amides is 2. The largest absolute Gasteiger partial charge is 0.346 e. The highest BCUT2D eigenvalue weighted by Gasteiger charge is 2.24. The lowest BCUT2D eigenvalue weighted by molar-refractivity contribution is -0.885. The Balaban J connectivity index is 2.10. The minimum Gasteiger partial charge on any atom is -0.346 e. The van der Waals surface area contributed by atoms with E-state index in [2.05, 4.69) is 10.6 Å². The first-order valence-electron chi connectivity index (χ1n) is 7.32. The average molecular weight is 376 g/mol. The van der Waals surface area contributed by atoms with Gasteiger partial charge >= 0.3 is 0 Å². The zero-order valence-electron chi connectivity index (χ0n) is 13.4. The summed E-state index contributed by atoms with van der Waals surface area (Å²) in [4.78, 5) is 24.2. The molecular weight excluding hydrogens is 356 g/mol. The number of rotatable bonds is 5. The maximum Gasteiger partial charge on any atom is 0.279 e. The summed E-state index contributed by atoms with van der Waals surface area (Å²) in [5.74, 6) is -0.384. The number of sulfonamides is 1. The molecular formula is C14H20ClN4O4S+. The number of anilines is 1. The van der Waals surface area contributed by atoms with Crippen molar-refractivity contribution in [1.82, 2.24) is 9.62 Å². The van der Waals surface area contributed by atoms with E-state index in [9.17, 15) is 18.0 Å². The minimum absolute atomic E-state index is 0.0725. The van der Waals surface area contributed by atoms with Gasteiger partial charge in [0.05, 0.1) is 18.1 Å².